The molecular weight excluding hydrogens is 400 g/mol. The molecular formula is C31H32N2. The summed E-state index contributed by atoms with van der Waals surface area (Å²) in [6, 6.07) is 32.4. The highest BCUT2D eigenvalue weighted by molar-refractivity contribution is 5.94. The van der Waals surface area contributed by atoms with Crippen LogP contribution >= 0.6 is 0 Å². The molecule has 1 aliphatic heterocycles. The van der Waals surface area contributed by atoms with Crippen molar-refractivity contribution in [1.29, 1.82) is 0 Å². The molecule has 6 rings (SSSR count). The van der Waals surface area contributed by atoms with Crippen molar-refractivity contribution in [2.45, 2.75) is 51.6 Å². The summed E-state index contributed by atoms with van der Waals surface area (Å²) >= 11 is 0. The average Bonchev–Trinajstić information content (AvgIpc) is 3.37. The third kappa shape index (κ3) is 3.00. The third-order valence-corrected chi connectivity index (χ3v) is 7.62. The van der Waals surface area contributed by atoms with E-state index >= 15 is 0 Å². The molecule has 0 radical (unpaired) electrons. The fraction of sp³-hybridized carbons (Fsp3) is 0.290. The van der Waals surface area contributed by atoms with Crippen LogP contribution in [0.15, 0.2) is 84.9 Å². The number of anilines is 2. The van der Waals surface area contributed by atoms with Gasteiger partial charge in [0.25, 0.3) is 0 Å². The molecule has 2 heteroatoms. The molecule has 0 unspecified atom stereocenters. The molecule has 4 aromatic carbocycles. The van der Waals surface area contributed by atoms with Crippen LogP contribution in [0.5, 0.6) is 0 Å². The molecule has 2 aliphatic rings. The zero-order chi connectivity index (χ0) is 22.7. The van der Waals surface area contributed by atoms with Crippen molar-refractivity contribution in [3.05, 3.63) is 107 Å². The van der Waals surface area contributed by atoms with Crippen LogP contribution in [0.3, 0.4) is 0 Å². The lowest BCUT2D eigenvalue weighted by molar-refractivity contribution is 0.643. The van der Waals surface area contributed by atoms with Gasteiger partial charge in [-0.1, -0.05) is 100 Å². The Labute approximate surface area is 197 Å². The van der Waals surface area contributed by atoms with Crippen molar-refractivity contribution < 1.29 is 0 Å². The van der Waals surface area contributed by atoms with Gasteiger partial charge in [-0.05, 0) is 57.0 Å². The molecule has 33 heavy (non-hydrogen) atoms. The number of hydrogen-bond acceptors (Lipinski definition) is 2. The minimum atomic E-state index is 0.311. The highest BCUT2D eigenvalue weighted by atomic mass is 15.4. The molecule has 2 atom stereocenters. The maximum Gasteiger partial charge on any atom is 0.0917 e. The number of fused-ring (bicyclic) bond motifs is 3. The summed E-state index contributed by atoms with van der Waals surface area (Å²) in [4.78, 5) is 5.34. The standard InChI is InChI=1S/C31H32N2/c1-20(2)23-13-5-7-17-27(23)32-19-33(28-18-8-6-14-24(28)21(3)4)31-26-16-10-12-22-11-9-15-25(29(22)26)30(31)32/h5-18,20-21,30-31H,19H2,1-4H3/t30-,31-/m1/s1. The molecule has 0 bridgehead atoms. The van der Waals surface area contributed by atoms with Crippen molar-refractivity contribution in [3.63, 3.8) is 0 Å². The maximum absolute atomic E-state index is 2.67. The number of hydrogen-bond donors (Lipinski definition) is 0. The highest BCUT2D eigenvalue weighted by Crippen LogP contribution is 2.56. The van der Waals surface area contributed by atoms with Crippen LogP contribution in [0.4, 0.5) is 11.4 Å². The predicted octanol–water partition coefficient (Wildman–Crippen LogP) is 8.17. The summed E-state index contributed by atoms with van der Waals surface area (Å²) < 4.78 is 0. The molecule has 4 aromatic rings. The Hall–Kier alpha value is -3.26. The van der Waals surface area contributed by atoms with Gasteiger partial charge in [-0.2, -0.15) is 0 Å². The Morgan fingerprint density at radius 3 is 1.48 bits per heavy atom. The average molecular weight is 433 g/mol. The molecule has 1 heterocycles. The Morgan fingerprint density at radius 2 is 1.03 bits per heavy atom. The Morgan fingerprint density at radius 1 is 0.576 bits per heavy atom. The monoisotopic (exact) mass is 432 g/mol. The summed E-state index contributed by atoms with van der Waals surface area (Å²) in [6.45, 7) is 10.1. The number of nitrogens with zero attached hydrogens (tertiary/aromatic N) is 2. The second-order valence-corrected chi connectivity index (χ2v) is 10.2. The third-order valence-electron chi connectivity index (χ3n) is 7.62. The predicted molar refractivity (Wildman–Crippen MR) is 140 cm³/mol. The Kier molecular flexibility index (Phi) is 4.72. The van der Waals surface area contributed by atoms with E-state index in [0.29, 0.717) is 23.9 Å². The lowest BCUT2D eigenvalue weighted by Crippen LogP contribution is -2.28. The van der Waals surface area contributed by atoms with Gasteiger partial charge in [-0.15, -0.1) is 0 Å². The van der Waals surface area contributed by atoms with E-state index < -0.39 is 0 Å². The fourth-order valence-electron chi connectivity index (χ4n) is 6.18. The van der Waals surface area contributed by atoms with Gasteiger partial charge in [0.1, 0.15) is 0 Å². The second kappa shape index (κ2) is 7.66. The van der Waals surface area contributed by atoms with Gasteiger partial charge in [-0.3, -0.25) is 0 Å². The van der Waals surface area contributed by atoms with E-state index in [2.05, 4.69) is 122 Å². The number of benzene rings is 4. The largest absolute Gasteiger partial charge is 0.344 e. The molecule has 1 saturated heterocycles. The minimum absolute atomic E-state index is 0.311. The number of para-hydroxylation sites is 2. The Bertz CT molecular complexity index is 1240. The quantitative estimate of drug-likeness (QED) is 0.321. The summed E-state index contributed by atoms with van der Waals surface area (Å²) in [5.74, 6) is 0.965. The Balaban J connectivity index is 1.59. The summed E-state index contributed by atoms with van der Waals surface area (Å²) in [7, 11) is 0. The van der Waals surface area contributed by atoms with Crippen LogP contribution in [-0.2, 0) is 0 Å². The van der Waals surface area contributed by atoms with Crippen molar-refractivity contribution in [2.24, 2.45) is 0 Å². The summed E-state index contributed by atoms with van der Waals surface area (Å²) in [6.07, 6.45) is 0. The molecule has 0 N–H and O–H groups in total. The summed E-state index contributed by atoms with van der Waals surface area (Å²) in [5, 5.41) is 2.81. The van der Waals surface area contributed by atoms with E-state index in [4.69, 9.17) is 0 Å². The first-order valence-corrected chi connectivity index (χ1v) is 12.3. The van der Waals surface area contributed by atoms with E-state index in [1.807, 2.05) is 0 Å². The summed E-state index contributed by atoms with van der Waals surface area (Å²) in [5.41, 5.74) is 8.54. The maximum atomic E-state index is 2.67. The van der Waals surface area contributed by atoms with Gasteiger partial charge in [0.2, 0.25) is 0 Å². The van der Waals surface area contributed by atoms with Gasteiger partial charge in [0.15, 0.2) is 0 Å². The van der Waals surface area contributed by atoms with Gasteiger partial charge in [0, 0.05) is 11.4 Å². The van der Waals surface area contributed by atoms with E-state index in [9.17, 15) is 0 Å². The first kappa shape index (κ1) is 20.4. The van der Waals surface area contributed by atoms with E-state index in [0.717, 1.165) is 6.67 Å². The molecule has 0 spiro atoms. The van der Waals surface area contributed by atoms with Crippen LogP contribution in [0, 0.1) is 0 Å². The van der Waals surface area contributed by atoms with E-state index in [1.54, 1.807) is 0 Å². The zero-order valence-corrected chi connectivity index (χ0v) is 20.0. The highest BCUT2D eigenvalue weighted by Gasteiger charge is 2.48. The fourth-order valence-corrected chi connectivity index (χ4v) is 6.18. The first-order chi connectivity index (χ1) is 16.1. The van der Waals surface area contributed by atoms with Gasteiger partial charge in [0.05, 0.1) is 18.8 Å². The first-order valence-electron chi connectivity index (χ1n) is 12.3. The van der Waals surface area contributed by atoms with E-state index in [-0.39, 0.29) is 0 Å². The minimum Gasteiger partial charge on any atom is -0.344 e. The normalized spacial score (nSPS) is 19.2. The molecule has 1 aliphatic carbocycles. The molecule has 2 nitrogen and oxygen atoms in total. The van der Waals surface area contributed by atoms with Crippen LogP contribution in [0.25, 0.3) is 10.8 Å². The van der Waals surface area contributed by atoms with Gasteiger partial charge in [-0.25, -0.2) is 0 Å². The van der Waals surface area contributed by atoms with Gasteiger partial charge < -0.3 is 9.80 Å². The van der Waals surface area contributed by atoms with Crippen molar-refractivity contribution in [2.75, 3.05) is 16.5 Å². The molecule has 1 fully saturated rings. The van der Waals surface area contributed by atoms with Crippen molar-refractivity contribution in [1.82, 2.24) is 0 Å². The molecule has 0 saturated carbocycles. The number of rotatable bonds is 4. The van der Waals surface area contributed by atoms with E-state index in [1.165, 1.54) is 44.4 Å². The smallest absolute Gasteiger partial charge is 0.0917 e. The molecule has 0 amide bonds. The van der Waals surface area contributed by atoms with Crippen molar-refractivity contribution in [3.8, 4) is 0 Å². The zero-order valence-electron chi connectivity index (χ0n) is 20.0. The van der Waals surface area contributed by atoms with Crippen LogP contribution in [-0.4, -0.2) is 6.67 Å². The lowest BCUT2D eigenvalue weighted by Gasteiger charge is -2.29. The lowest BCUT2D eigenvalue weighted by atomic mass is 9.97. The topological polar surface area (TPSA) is 6.48 Å². The van der Waals surface area contributed by atoms with Gasteiger partial charge >= 0.3 is 0 Å². The van der Waals surface area contributed by atoms with Crippen molar-refractivity contribution >= 4 is 22.1 Å². The SMILES string of the molecule is CC(C)c1ccccc1N1CN(c2ccccc2C(C)C)[C@@H]2c3cccc4cccc(c34)[C@H]21. The van der Waals surface area contributed by atoms with Crippen LogP contribution in [0.1, 0.15) is 73.9 Å². The second-order valence-electron chi connectivity index (χ2n) is 10.2. The van der Waals surface area contributed by atoms with Crippen LogP contribution < -0.4 is 9.80 Å². The molecule has 166 valence electrons. The van der Waals surface area contributed by atoms with Crippen LogP contribution in [0.2, 0.25) is 0 Å². The molecule has 0 aromatic heterocycles.